The van der Waals surface area contributed by atoms with Gasteiger partial charge in [-0.3, -0.25) is 0 Å². The quantitative estimate of drug-likeness (QED) is 0.478. The normalized spacial score (nSPS) is 10.5. The Labute approximate surface area is 81.8 Å². The minimum atomic E-state index is 0. The molecule has 0 saturated carbocycles. The first kappa shape index (κ1) is 10.8. The van der Waals surface area contributed by atoms with Crippen molar-refractivity contribution < 1.29 is 19.5 Å². The Hall–Kier alpha value is -0.157. The molecule has 1 rings (SSSR count). The molecular formula is C10H13Ru. The van der Waals surface area contributed by atoms with E-state index in [0.717, 1.165) is 0 Å². The fourth-order valence-corrected chi connectivity index (χ4v) is 0.887. The Balaban J connectivity index is 0.000001000. The fraction of sp³-hybridized carbons (Fsp3) is 0.400. The zero-order valence-electron chi connectivity index (χ0n) is 7.16. The van der Waals surface area contributed by atoms with E-state index in [9.17, 15) is 0 Å². The van der Waals surface area contributed by atoms with Gasteiger partial charge >= 0.3 is 19.5 Å². The molecule has 1 aromatic carbocycles. The van der Waals surface area contributed by atoms with Crippen molar-refractivity contribution in [3.63, 3.8) is 0 Å². The summed E-state index contributed by atoms with van der Waals surface area (Å²) < 4.78 is 0. The van der Waals surface area contributed by atoms with Gasteiger partial charge in [0.2, 0.25) is 0 Å². The van der Waals surface area contributed by atoms with Gasteiger partial charge in [-0.2, -0.15) is 35.9 Å². The first-order chi connectivity index (χ1) is 4.61. The van der Waals surface area contributed by atoms with Gasteiger partial charge in [0.25, 0.3) is 0 Å². The fourth-order valence-electron chi connectivity index (χ4n) is 0.887. The van der Waals surface area contributed by atoms with Gasteiger partial charge < -0.3 is 0 Å². The van der Waals surface area contributed by atoms with Gasteiger partial charge in [-0.05, 0) is 5.41 Å². The molecule has 0 aliphatic heterocycles. The molecule has 0 amide bonds. The second kappa shape index (κ2) is 4.02. The van der Waals surface area contributed by atoms with Gasteiger partial charge in [0.05, 0.1) is 0 Å². The number of hydrogen-bond acceptors (Lipinski definition) is 0. The monoisotopic (exact) mass is 235 g/mol. The van der Waals surface area contributed by atoms with Crippen LogP contribution in [0.3, 0.4) is 0 Å². The maximum Gasteiger partial charge on any atom is 1.00 e. The molecule has 0 unspecified atom stereocenters. The summed E-state index contributed by atoms with van der Waals surface area (Å²) in [5.41, 5.74) is 1.64. The van der Waals surface area contributed by atoms with Gasteiger partial charge in [0, 0.05) is 0 Å². The van der Waals surface area contributed by atoms with Crippen molar-refractivity contribution in [3.8, 4) is 0 Å². The molecule has 0 nitrogen and oxygen atoms in total. The molecule has 11 heavy (non-hydrogen) atoms. The Bertz CT molecular complexity index is 196. The Kier molecular flexibility index (Phi) is 3.96. The third-order valence-electron chi connectivity index (χ3n) is 1.58. The van der Waals surface area contributed by atoms with Crippen LogP contribution >= 0.6 is 0 Å². The molecule has 0 bridgehead atoms. The van der Waals surface area contributed by atoms with Crippen LogP contribution in [0.4, 0.5) is 0 Å². The second-order valence-corrected chi connectivity index (χ2v) is 3.54. The van der Waals surface area contributed by atoms with Crippen LogP contribution in [0, 0.1) is 6.07 Å². The van der Waals surface area contributed by atoms with Crippen LogP contribution in [0.25, 0.3) is 0 Å². The molecular weight excluding hydrogens is 221 g/mol. The van der Waals surface area contributed by atoms with E-state index in [4.69, 9.17) is 0 Å². The van der Waals surface area contributed by atoms with Crippen LogP contribution in [0.2, 0.25) is 0 Å². The van der Waals surface area contributed by atoms with Crippen LogP contribution < -0.4 is 0 Å². The molecule has 0 aliphatic rings. The van der Waals surface area contributed by atoms with Gasteiger partial charge in [-0.15, -0.1) is 0 Å². The Morgan fingerprint density at radius 3 is 1.82 bits per heavy atom. The maximum absolute atomic E-state index is 3.00. The summed E-state index contributed by atoms with van der Waals surface area (Å²) in [7, 11) is 0. The summed E-state index contributed by atoms with van der Waals surface area (Å²) in [6.45, 7) is 6.63. The van der Waals surface area contributed by atoms with Gasteiger partial charge in [0.1, 0.15) is 0 Å². The van der Waals surface area contributed by atoms with E-state index in [1.54, 1.807) is 0 Å². The van der Waals surface area contributed by atoms with E-state index < -0.39 is 0 Å². The van der Waals surface area contributed by atoms with Crippen molar-refractivity contribution in [2.45, 2.75) is 26.2 Å². The van der Waals surface area contributed by atoms with E-state index in [0.29, 0.717) is 0 Å². The van der Waals surface area contributed by atoms with Crippen LogP contribution in [0.1, 0.15) is 26.3 Å². The molecule has 0 aliphatic carbocycles. The van der Waals surface area contributed by atoms with Crippen LogP contribution in [-0.2, 0) is 24.9 Å². The molecule has 61 valence electrons. The van der Waals surface area contributed by atoms with Crippen molar-refractivity contribution in [2.24, 2.45) is 0 Å². The number of rotatable bonds is 0. The van der Waals surface area contributed by atoms with Crippen LogP contribution in [0.5, 0.6) is 0 Å². The predicted molar refractivity (Wildman–Crippen MR) is 44.0 cm³/mol. The summed E-state index contributed by atoms with van der Waals surface area (Å²) in [5, 5.41) is 0. The first-order valence-electron chi connectivity index (χ1n) is 3.57. The number of hydrogen-bond donors (Lipinski definition) is 0. The molecule has 1 aromatic rings. The average Bonchev–Trinajstić information content (AvgIpc) is 1.88. The van der Waals surface area contributed by atoms with Gasteiger partial charge in [0.15, 0.2) is 0 Å². The molecule has 0 saturated heterocycles. The summed E-state index contributed by atoms with van der Waals surface area (Å²) in [6, 6.07) is 11.1. The topological polar surface area (TPSA) is 0 Å². The second-order valence-electron chi connectivity index (χ2n) is 3.54. The summed E-state index contributed by atoms with van der Waals surface area (Å²) in [4.78, 5) is 0. The molecule has 1 heteroatoms. The first-order valence-corrected chi connectivity index (χ1v) is 3.57. The van der Waals surface area contributed by atoms with E-state index >= 15 is 0 Å². The molecule has 0 heterocycles. The molecule has 0 fully saturated rings. The van der Waals surface area contributed by atoms with E-state index in [1.165, 1.54) is 5.56 Å². The zero-order chi connectivity index (χ0) is 7.61. The van der Waals surface area contributed by atoms with Crippen molar-refractivity contribution >= 4 is 0 Å². The average molecular weight is 234 g/mol. The smallest absolute Gasteiger partial charge is 0.184 e. The van der Waals surface area contributed by atoms with Crippen molar-refractivity contribution in [2.75, 3.05) is 0 Å². The summed E-state index contributed by atoms with van der Waals surface area (Å²) in [6.07, 6.45) is 0. The Morgan fingerprint density at radius 2 is 1.55 bits per heavy atom. The standard InChI is InChI=1S/C10H13.Ru/c1-10(2,3)9-7-5-4-6-8-9;/h5-8H,1-3H3;/q-1;+1. The van der Waals surface area contributed by atoms with Crippen molar-refractivity contribution in [1.82, 2.24) is 0 Å². The van der Waals surface area contributed by atoms with Crippen molar-refractivity contribution in [3.05, 3.63) is 35.9 Å². The van der Waals surface area contributed by atoms with Crippen LogP contribution in [0.15, 0.2) is 24.3 Å². The molecule has 1 radical (unpaired) electrons. The minimum absolute atomic E-state index is 0. The SMILES string of the molecule is CC(C)(C)c1cc[c-]cc1.[Ru+]. The molecule has 0 N–H and O–H groups in total. The number of benzene rings is 1. The van der Waals surface area contributed by atoms with Crippen LogP contribution in [-0.4, -0.2) is 0 Å². The molecule has 0 aromatic heterocycles. The predicted octanol–water partition coefficient (Wildman–Crippen LogP) is 2.78. The van der Waals surface area contributed by atoms with Gasteiger partial charge in [-0.1, -0.05) is 20.8 Å². The zero-order valence-corrected chi connectivity index (χ0v) is 8.90. The van der Waals surface area contributed by atoms with E-state index in [2.05, 4.69) is 39.0 Å². The minimum Gasteiger partial charge on any atom is -0.184 e. The van der Waals surface area contributed by atoms with E-state index in [-0.39, 0.29) is 24.9 Å². The summed E-state index contributed by atoms with van der Waals surface area (Å²) in [5.74, 6) is 0. The molecule has 0 spiro atoms. The molecule has 0 atom stereocenters. The third-order valence-corrected chi connectivity index (χ3v) is 1.58. The summed E-state index contributed by atoms with van der Waals surface area (Å²) >= 11 is 0. The van der Waals surface area contributed by atoms with Gasteiger partial charge in [-0.25, -0.2) is 0 Å². The largest absolute Gasteiger partial charge is 1.00 e. The van der Waals surface area contributed by atoms with E-state index in [1.807, 2.05) is 12.1 Å². The Morgan fingerprint density at radius 1 is 1.09 bits per heavy atom. The van der Waals surface area contributed by atoms with Crippen molar-refractivity contribution in [1.29, 1.82) is 0 Å². The maximum atomic E-state index is 3.00. The third kappa shape index (κ3) is 3.16.